The Morgan fingerprint density at radius 2 is 2.31 bits per heavy atom. The molecule has 0 bridgehead atoms. The van der Waals surface area contributed by atoms with Gasteiger partial charge in [0.2, 0.25) is 5.91 Å². The van der Waals surface area contributed by atoms with Gasteiger partial charge >= 0.3 is 0 Å². The molecule has 1 amide bonds. The van der Waals surface area contributed by atoms with Gasteiger partial charge in [-0.1, -0.05) is 0 Å². The van der Waals surface area contributed by atoms with Crippen molar-refractivity contribution in [1.82, 2.24) is 20.6 Å². The van der Waals surface area contributed by atoms with Gasteiger partial charge < -0.3 is 10.6 Å². The molecule has 1 rings (SSSR count). The molecule has 1 atom stereocenters. The van der Waals surface area contributed by atoms with Crippen LogP contribution in [-0.4, -0.2) is 29.0 Å². The second-order valence-corrected chi connectivity index (χ2v) is 3.51. The van der Waals surface area contributed by atoms with Gasteiger partial charge in [0.05, 0.1) is 5.69 Å². The van der Waals surface area contributed by atoms with E-state index in [2.05, 4.69) is 20.6 Å². The van der Waals surface area contributed by atoms with Crippen molar-refractivity contribution < 1.29 is 4.79 Å². The second kappa shape index (κ2) is 6.90. The molecular formula is C11H18N4O. The summed E-state index contributed by atoms with van der Waals surface area (Å²) in [5, 5.41) is 5.98. The first-order valence-electron chi connectivity index (χ1n) is 5.50. The third-order valence-electron chi connectivity index (χ3n) is 2.20. The van der Waals surface area contributed by atoms with Gasteiger partial charge in [0.15, 0.2) is 0 Å². The minimum atomic E-state index is 0.0707. The maximum Gasteiger partial charge on any atom is 0.221 e. The van der Waals surface area contributed by atoms with E-state index < -0.39 is 0 Å². The molecule has 0 saturated heterocycles. The number of hydrogen-bond donors (Lipinski definition) is 2. The fourth-order valence-electron chi connectivity index (χ4n) is 1.33. The summed E-state index contributed by atoms with van der Waals surface area (Å²) >= 11 is 0. The highest BCUT2D eigenvalue weighted by molar-refractivity contribution is 5.75. The van der Waals surface area contributed by atoms with Crippen LogP contribution in [-0.2, 0) is 4.79 Å². The zero-order chi connectivity index (χ0) is 11.8. The van der Waals surface area contributed by atoms with E-state index in [1.54, 1.807) is 18.6 Å². The summed E-state index contributed by atoms with van der Waals surface area (Å²) in [5.41, 5.74) is 0.887. The highest BCUT2D eigenvalue weighted by Gasteiger charge is 2.06. The first-order chi connectivity index (χ1) is 7.74. The molecule has 0 aliphatic rings. The Hall–Kier alpha value is -1.49. The lowest BCUT2D eigenvalue weighted by molar-refractivity contribution is -0.120. The van der Waals surface area contributed by atoms with Crippen LogP contribution in [0.2, 0.25) is 0 Å². The molecule has 0 aromatic carbocycles. The van der Waals surface area contributed by atoms with Gasteiger partial charge in [-0.15, -0.1) is 0 Å². The molecule has 5 heteroatoms. The standard InChI is InChI=1S/C11H18N4O/c1-3-13-11(16)4-5-14-9(2)10-8-12-6-7-15-10/h6-9,14H,3-5H2,1-2H3,(H,13,16). The zero-order valence-corrected chi connectivity index (χ0v) is 9.73. The van der Waals surface area contributed by atoms with Gasteiger partial charge in [-0.25, -0.2) is 0 Å². The van der Waals surface area contributed by atoms with Crippen LogP contribution in [0.5, 0.6) is 0 Å². The van der Waals surface area contributed by atoms with Crippen LogP contribution in [0.1, 0.15) is 32.0 Å². The van der Waals surface area contributed by atoms with Crippen molar-refractivity contribution in [1.29, 1.82) is 0 Å². The van der Waals surface area contributed by atoms with Gasteiger partial charge in [0.25, 0.3) is 0 Å². The molecule has 0 saturated carbocycles. The summed E-state index contributed by atoms with van der Waals surface area (Å²) in [6.07, 6.45) is 5.52. The van der Waals surface area contributed by atoms with Gasteiger partial charge in [-0.05, 0) is 13.8 Å². The molecule has 1 aromatic heterocycles. The zero-order valence-electron chi connectivity index (χ0n) is 9.73. The highest BCUT2D eigenvalue weighted by atomic mass is 16.1. The van der Waals surface area contributed by atoms with E-state index in [-0.39, 0.29) is 11.9 Å². The average molecular weight is 222 g/mol. The lowest BCUT2D eigenvalue weighted by atomic mass is 10.2. The smallest absolute Gasteiger partial charge is 0.221 e. The topological polar surface area (TPSA) is 66.9 Å². The van der Waals surface area contributed by atoms with Crippen molar-refractivity contribution in [2.45, 2.75) is 26.3 Å². The van der Waals surface area contributed by atoms with Crippen LogP contribution in [0.3, 0.4) is 0 Å². The Balaban J connectivity index is 2.26. The SMILES string of the molecule is CCNC(=O)CCNC(C)c1cnccn1. The number of carbonyl (C=O) groups excluding carboxylic acids is 1. The maximum absolute atomic E-state index is 11.2. The van der Waals surface area contributed by atoms with E-state index in [0.717, 1.165) is 5.69 Å². The Morgan fingerprint density at radius 3 is 2.94 bits per heavy atom. The van der Waals surface area contributed by atoms with Crippen LogP contribution in [0.4, 0.5) is 0 Å². The largest absolute Gasteiger partial charge is 0.356 e. The molecule has 1 unspecified atom stereocenters. The Labute approximate surface area is 95.7 Å². The molecule has 1 aromatic rings. The first-order valence-corrected chi connectivity index (χ1v) is 5.50. The predicted octanol–water partition coefficient (Wildman–Crippen LogP) is 0.653. The summed E-state index contributed by atoms with van der Waals surface area (Å²) in [6, 6.07) is 0.114. The molecule has 2 N–H and O–H groups in total. The number of hydrogen-bond acceptors (Lipinski definition) is 4. The van der Waals surface area contributed by atoms with Gasteiger partial charge in [0.1, 0.15) is 0 Å². The number of nitrogens with one attached hydrogen (secondary N) is 2. The summed E-state index contributed by atoms with van der Waals surface area (Å²) in [5.74, 6) is 0.0707. The van der Waals surface area contributed by atoms with Crippen LogP contribution in [0.15, 0.2) is 18.6 Å². The monoisotopic (exact) mass is 222 g/mol. The van der Waals surface area contributed by atoms with E-state index in [0.29, 0.717) is 19.5 Å². The third-order valence-corrected chi connectivity index (χ3v) is 2.20. The molecule has 0 aliphatic carbocycles. The number of carbonyl (C=O) groups is 1. The Bertz CT molecular complexity index is 315. The Kier molecular flexibility index (Phi) is 5.42. The molecule has 5 nitrogen and oxygen atoms in total. The van der Waals surface area contributed by atoms with E-state index in [1.165, 1.54) is 0 Å². The van der Waals surface area contributed by atoms with E-state index in [9.17, 15) is 4.79 Å². The summed E-state index contributed by atoms with van der Waals surface area (Å²) in [7, 11) is 0. The normalized spacial score (nSPS) is 12.1. The van der Waals surface area contributed by atoms with Crippen molar-refractivity contribution in [3.8, 4) is 0 Å². The molecule has 16 heavy (non-hydrogen) atoms. The van der Waals surface area contributed by atoms with Crippen molar-refractivity contribution in [3.05, 3.63) is 24.3 Å². The van der Waals surface area contributed by atoms with Gasteiger partial charge in [-0.3, -0.25) is 14.8 Å². The van der Waals surface area contributed by atoms with Crippen molar-refractivity contribution >= 4 is 5.91 Å². The third kappa shape index (κ3) is 4.35. The van der Waals surface area contributed by atoms with E-state index in [4.69, 9.17) is 0 Å². The van der Waals surface area contributed by atoms with Crippen molar-refractivity contribution in [2.75, 3.05) is 13.1 Å². The fraction of sp³-hybridized carbons (Fsp3) is 0.545. The molecule has 1 heterocycles. The number of aromatic nitrogens is 2. The van der Waals surface area contributed by atoms with E-state index >= 15 is 0 Å². The van der Waals surface area contributed by atoms with Crippen LogP contribution >= 0.6 is 0 Å². The van der Waals surface area contributed by atoms with E-state index in [1.807, 2.05) is 13.8 Å². The first kappa shape index (κ1) is 12.6. The minimum Gasteiger partial charge on any atom is -0.356 e. The Morgan fingerprint density at radius 1 is 1.50 bits per heavy atom. The fourth-order valence-corrected chi connectivity index (χ4v) is 1.33. The minimum absolute atomic E-state index is 0.0707. The molecule has 0 spiro atoms. The molecular weight excluding hydrogens is 204 g/mol. The summed E-state index contributed by atoms with van der Waals surface area (Å²) < 4.78 is 0. The van der Waals surface area contributed by atoms with Crippen molar-refractivity contribution in [3.63, 3.8) is 0 Å². The average Bonchev–Trinajstić information content (AvgIpc) is 2.30. The predicted molar refractivity (Wildman–Crippen MR) is 61.8 cm³/mol. The highest BCUT2D eigenvalue weighted by Crippen LogP contribution is 2.05. The second-order valence-electron chi connectivity index (χ2n) is 3.51. The summed E-state index contributed by atoms with van der Waals surface area (Å²) in [4.78, 5) is 19.4. The van der Waals surface area contributed by atoms with Gasteiger partial charge in [-0.2, -0.15) is 0 Å². The number of nitrogens with zero attached hydrogens (tertiary/aromatic N) is 2. The number of rotatable bonds is 6. The van der Waals surface area contributed by atoms with Crippen LogP contribution in [0, 0.1) is 0 Å². The lowest BCUT2D eigenvalue weighted by Gasteiger charge is -2.12. The van der Waals surface area contributed by atoms with Crippen molar-refractivity contribution in [2.24, 2.45) is 0 Å². The number of amides is 1. The molecule has 0 aliphatic heterocycles. The molecule has 88 valence electrons. The quantitative estimate of drug-likeness (QED) is 0.741. The van der Waals surface area contributed by atoms with Crippen LogP contribution in [0.25, 0.3) is 0 Å². The molecule has 0 fully saturated rings. The molecule has 0 radical (unpaired) electrons. The maximum atomic E-state index is 11.2. The van der Waals surface area contributed by atoms with Gasteiger partial charge in [0, 0.05) is 44.1 Å². The van der Waals surface area contributed by atoms with Crippen LogP contribution < -0.4 is 10.6 Å². The lowest BCUT2D eigenvalue weighted by Crippen LogP contribution is -2.28. The summed E-state index contributed by atoms with van der Waals surface area (Å²) in [6.45, 7) is 5.23.